The van der Waals surface area contributed by atoms with Crippen molar-refractivity contribution in [1.82, 2.24) is 14.7 Å². The number of benzene rings is 1. The molecule has 0 fully saturated rings. The molecule has 0 bridgehead atoms. The molecule has 4 rings (SSSR count). The monoisotopic (exact) mass is 379 g/mol. The van der Waals surface area contributed by atoms with Crippen molar-refractivity contribution in [3.63, 3.8) is 0 Å². The number of rotatable bonds is 6. The summed E-state index contributed by atoms with van der Waals surface area (Å²) in [6.45, 7) is 0.562. The molecule has 4 nitrogen and oxygen atoms in total. The van der Waals surface area contributed by atoms with Gasteiger partial charge in [-0.3, -0.25) is 4.79 Å². The van der Waals surface area contributed by atoms with E-state index < -0.39 is 0 Å². The number of pyridine rings is 1. The Labute approximate surface area is 159 Å². The van der Waals surface area contributed by atoms with Gasteiger partial charge < -0.3 is 9.72 Å². The highest BCUT2D eigenvalue weighted by Gasteiger charge is 2.07. The number of hydrogen-bond acceptors (Lipinski definition) is 4. The third-order valence-electron chi connectivity index (χ3n) is 3.95. The second-order valence-electron chi connectivity index (χ2n) is 5.83. The maximum absolute atomic E-state index is 12.2. The molecule has 0 saturated carbocycles. The summed E-state index contributed by atoms with van der Waals surface area (Å²) in [5.41, 5.74) is 3.81. The van der Waals surface area contributed by atoms with Crippen LogP contribution in [0.4, 0.5) is 0 Å². The van der Waals surface area contributed by atoms with Gasteiger partial charge in [-0.2, -0.15) is 11.3 Å². The van der Waals surface area contributed by atoms with Crippen molar-refractivity contribution in [3.05, 3.63) is 88.5 Å². The van der Waals surface area contributed by atoms with Crippen molar-refractivity contribution in [1.29, 1.82) is 0 Å². The zero-order chi connectivity index (χ0) is 17.8. The summed E-state index contributed by atoms with van der Waals surface area (Å²) in [5, 5.41) is 6.99. The van der Waals surface area contributed by atoms with Crippen LogP contribution in [-0.2, 0) is 12.3 Å². The minimum Gasteiger partial charge on any atom is -0.348 e. The van der Waals surface area contributed by atoms with Crippen molar-refractivity contribution >= 4 is 34.7 Å². The van der Waals surface area contributed by atoms with Crippen LogP contribution < -0.4 is 5.32 Å². The number of aromatic nitrogens is 2. The maximum atomic E-state index is 12.2. The van der Waals surface area contributed by atoms with Gasteiger partial charge in [0.25, 0.3) is 5.91 Å². The van der Waals surface area contributed by atoms with Gasteiger partial charge in [-0.05, 0) is 58.8 Å². The fraction of sp³-hybridized carbons (Fsp3) is 0.100. The number of carbonyl (C=O) groups excluding carboxylic acids is 1. The van der Waals surface area contributed by atoms with Gasteiger partial charge in [0.15, 0.2) is 0 Å². The molecule has 0 unspecified atom stereocenters. The van der Waals surface area contributed by atoms with E-state index in [1.54, 1.807) is 23.1 Å². The van der Waals surface area contributed by atoms with E-state index in [-0.39, 0.29) is 5.91 Å². The standard InChI is InChI=1S/C20H17N3OS2/c24-20(21-11-15-8-10-25-13-15)16-4-6-18(7-5-16)26-14-17-12-23-9-2-1-3-19(23)22-17/h1-10,12-13H,11,14H2,(H,21,24). The van der Waals surface area contributed by atoms with E-state index >= 15 is 0 Å². The maximum Gasteiger partial charge on any atom is 0.251 e. The molecule has 1 aromatic carbocycles. The van der Waals surface area contributed by atoms with Gasteiger partial charge in [0, 0.05) is 35.2 Å². The zero-order valence-corrected chi connectivity index (χ0v) is 15.6. The molecule has 3 aromatic heterocycles. The number of thioether (sulfide) groups is 1. The molecule has 26 heavy (non-hydrogen) atoms. The Morgan fingerprint density at radius 3 is 2.81 bits per heavy atom. The molecule has 0 aliphatic carbocycles. The number of thiophene rings is 1. The summed E-state index contributed by atoms with van der Waals surface area (Å²) in [6, 6.07) is 15.7. The van der Waals surface area contributed by atoms with Gasteiger partial charge in [-0.25, -0.2) is 4.98 Å². The summed E-state index contributed by atoms with van der Waals surface area (Å²) < 4.78 is 2.02. The molecule has 0 atom stereocenters. The Bertz CT molecular complexity index is 974. The van der Waals surface area contributed by atoms with Gasteiger partial charge in [-0.1, -0.05) is 6.07 Å². The van der Waals surface area contributed by atoms with Crippen LogP contribution in [0.5, 0.6) is 0 Å². The van der Waals surface area contributed by atoms with Crippen LogP contribution in [0, 0.1) is 0 Å². The lowest BCUT2D eigenvalue weighted by Crippen LogP contribution is -2.22. The van der Waals surface area contributed by atoms with Gasteiger partial charge in [0.1, 0.15) is 5.65 Å². The summed E-state index contributed by atoms with van der Waals surface area (Å²) in [5.74, 6) is 0.749. The van der Waals surface area contributed by atoms with Crippen molar-refractivity contribution in [2.75, 3.05) is 0 Å². The van der Waals surface area contributed by atoms with Gasteiger partial charge >= 0.3 is 0 Å². The van der Waals surface area contributed by atoms with Crippen molar-refractivity contribution in [2.45, 2.75) is 17.2 Å². The topological polar surface area (TPSA) is 46.4 Å². The van der Waals surface area contributed by atoms with E-state index in [0.717, 1.165) is 27.6 Å². The minimum atomic E-state index is -0.0481. The van der Waals surface area contributed by atoms with Crippen LogP contribution in [0.3, 0.4) is 0 Å². The lowest BCUT2D eigenvalue weighted by molar-refractivity contribution is 0.0951. The fourth-order valence-corrected chi connectivity index (χ4v) is 4.04. The van der Waals surface area contributed by atoms with Gasteiger partial charge in [-0.15, -0.1) is 11.8 Å². The van der Waals surface area contributed by atoms with Crippen LogP contribution in [0.1, 0.15) is 21.6 Å². The Morgan fingerprint density at radius 2 is 2.04 bits per heavy atom. The number of imidazole rings is 1. The van der Waals surface area contributed by atoms with Crippen molar-refractivity contribution in [3.8, 4) is 0 Å². The Balaban J connectivity index is 1.34. The van der Waals surface area contributed by atoms with E-state index in [1.165, 1.54) is 0 Å². The van der Waals surface area contributed by atoms with E-state index in [4.69, 9.17) is 0 Å². The first-order valence-corrected chi connectivity index (χ1v) is 10.2. The largest absolute Gasteiger partial charge is 0.348 e. The lowest BCUT2D eigenvalue weighted by Gasteiger charge is -2.05. The third kappa shape index (κ3) is 3.98. The molecule has 3 heterocycles. The molecule has 0 radical (unpaired) electrons. The second-order valence-corrected chi connectivity index (χ2v) is 7.65. The first kappa shape index (κ1) is 16.9. The van der Waals surface area contributed by atoms with Gasteiger partial charge in [0.2, 0.25) is 0 Å². The number of amides is 1. The Hall–Kier alpha value is -2.57. The molecule has 1 amide bonds. The highest BCUT2D eigenvalue weighted by molar-refractivity contribution is 7.98. The third-order valence-corrected chi connectivity index (χ3v) is 5.73. The molecular formula is C20H17N3OS2. The van der Waals surface area contributed by atoms with Crippen LogP contribution in [0.15, 0.2) is 76.6 Å². The normalized spacial score (nSPS) is 10.9. The number of carbonyl (C=O) groups is 1. The van der Waals surface area contributed by atoms with Crippen molar-refractivity contribution in [2.24, 2.45) is 0 Å². The van der Waals surface area contributed by atoms with Crippen LogP contribution in [0.25, 0.3) is 5.65 Å². The molecule has 0 saturated heterocycles. The predicted molar refractivity (Wildman–Crippen MR) is 107 cm³/mol. The predicted octanol–water partition coefficient (Wildman–Crippen LogP) is 4.62. The highest BCUT2D eigenvalue weighted by atomic mass is 32.2. The molecule has 0 aliphatic rings. The number of hydrogen-bond donors (Lipinski definition) is 1. The summed E-state index contributed by atoms with van der Waals surface area (Å²) >= 11 is 3.35. The van der Waals surface area contributed by atoms with Crippen LogP contribution in [0.2, 0.25) is 0 Å². The molecule has 1 N–H and O–H groups in total. The zero-order valence-electron chi connectivity index (χ0n) is 14.0. The average Bonchev–Trinajstić information content (AvgIpc) is 3.34. The van der Waals surface area contributed by atoms with E-state index in [0.29, 0.717) is 12.1 Å². The lowest BCUT2D eigenvalue weighted by atomic mass is 10.2. The SMILES string of the molecule is O=C(NCc1ccsc1)c1ccc(SCc2cn3ccccc3n2)cc1. The number of nitrogens with one attached hydrogen (secondary N) is 1. The minimum absolute atomic E-state index is 0.0481. The fourth-order valence-electron chi connectivity index (χ4n) is 2.59. The summed E-state index contributed by atoms with van der Waals surface area (Å²) in [7, 11) is 0. The number of nitrogens with zero attached hydrogens (tertiary/aromatic N) is 2. The Kier molecular flexibility index (Phi) is 5.04. The first-order chi connectivity index (χ1) is 12.8. The molecular weight excluding hydrogens is 362 g/mol. The van der Waals surface area contributed by atoms with E-state index in [2.05, 4.69) is 16.5 Å². The van der Waals surface area contributed by atoms with Gasteiger partial charge in [0.05, 0.1) is 5.69 Å². The number of fused-ring (bicyclic) bond motifs is 1. The van der Waals surface area contributed by atoms with Crippen LogP contribution in [-0.4, -0.2) is 15.3 Å². The van der Waals surface area contributed by atoms with E-state index in [9.17, 15) is 4.79 Å². The molecule has 0 spiro atoms. The average molecular weight is 380 g/mol. The Morgan fingerprint density at radius 1 is 1.15 bits per heavy atom. The quantitative estimate of drug-likeness (QED) is 0.497. The highest BCUT2D eigenvalue weighted by Crippen LogP contribution is 2.23. The smallest absolute Gasteiger partial charge is 0.251 e. The summed E-state index contributed by atoms with van der Waals surface area (Å²) in [6.07, 6.45) is 4.05. The molecule has 130 valence electrons. The van der Waals surface area contributed by atoms with E-state index in [1.807, 2.05) is 69.9 Å². The van der Waals surface area contributed by atoms with Crippen molar-refractivity contribution < 1.29 is 4.79 Å². The summed E-state index contributed by atoms with van der Waals surface area (Å²) in [4.78, 5) is 17.9. The molecule has 0 aliphatic heterocycles. The first-order valence-electron chi connectivity index (χ1n) is 8.23. The second kappa shape index (κ2) is 7.76. The molecule has 4 aromatic rings. The molecule has 6 heteroatoms. The van der Waals surface area contributed by atoms with Crippen LogP contribution >= 0.6 is 23.1 Å².